The fourth-order valence-electron chi connectivity index (χ4n) is 12.4. The molecule has 0 aromatic rings. The summed E-state index contributed by atoms with van der Waals surface area (Å²) in [5, 5.41) is 29.9. The highest BCUT2D eigenvalue weighted by molar-refractivity contribution is 5.76. The fraction of sp³-hybridized carbons (Fsp3) is 0.900. The van der Waals surface area contributed by atoms with E-state index in [4.69, 9.17) is 0 Å². The fourth-order valence-corrected chi connectivity index (χ4v) is 12.4. The molecule has 0 aromatic carbocycles. The number of hydrogen-bond acceptors (Lipinski definition) is 3. The van der Waals surface area contributed by atoms with Gasteiger partial charge in [-0.2, -0.15) is 0 Å². The van der Waals surface area contributed by atoms with Crippen LogP contribution in [0.5, 0.6) is 0 Å². The second-order valence-electron chi connectivity index (χ2n) is 15.0. The quantitative estimate of drug-likeness (QED) is 0.422. The lowest BCUT2D eigenvalue weighted by Gasteiger charge is -2.65. The Hall–Kier alpha value is -1.07. The Bertz CT molecular complexity index is 913. The van der Waals surface area contributed by atoms with Crippen LogP contribution in [0.15, 0.2) is 12.2 Å². The lowest BCUT2D eigenvalue weighted by atomic mass is 9.41. The molecule has 1 spiro atoms. The molecule has 2 amide bonds. The first-order valence-corrected chi connectivity index (χ1v) is 14.7. The van der Waals surface area contributed by atoms with Gasteiger partial charge in [0.05, 0.1) is 12.2 Å². The summed E-state index contributed by atoms with van der Waals surface area (Å²) >= 11 is 0. The van der Waals surface area contributed by atoms with Crippen LogP contribution in [0.1, 0.15) is 97.3 Å². The standard InChI is InChI=1S/C30H46N2O3/c1-17-21-12-22(33)24-27(2)6-4-7-28(3,23(27)5-8-30(24,16-21)25(17)34)31-26(35)32-29-13-18-9-19(14-29)11-20(10-18)15-29/h18-25,33-34H,1,4-16H2,2-3H3,(H2,31,32,35)/t18?,19?,20?,21-,22+,23+,24+,25-,27-,28-,29?,30-/m1/s1. The number of nitrogens with one attached hydrogen (secondary N) is 2. The summed E-state index contributed by atoms with van der Waals surface area (Å²) in [5.74, 6) is 3.09. The zero-order chi connectivity index (χ0) is 24.4. The van der Waals surface area contributed by atoms with Crippen molar-refractivity contribution in [2.24, 2.45) is 46.3 Å². The van der Waals surface area contributed by atoms with E-state index in [0.717, 1.165) is 68.3 Å². The van der Waals surface area contributed by atoms with Crippen LogP contribution in [-0.4, -0.2) is 39.5 Å². The van der Waals surface area contributed by atoms with Crippen molar-refractivity contribution in [2.75, 3.05) is 0 Å². The van der Waals surface area contributed by atoms with E-state index < -0.39 is 12.2 Å². The monoisotopic (exact) mass is 482 g/mol. The summed E-state index contributed by atoms with van der Waals surface area (Å²) in [6, 6.07) is 0.0394. The van der Waals surface area contributed by atoms with Crippen molar-refractivity contribution in [3.05, 3.63) is 12.2 Å². The molecule has 5 nitrogen and oxygen atoms in total. The number of hydrogen-bond donors (Lipinski definition) is 4. The zero-order valence-corrected chi connectivity index (χ0v) is 21.8. The van der Waals surface area contributed by atoms with Gasteiger partial charge in [-0.1, -0.05) is 19.9 Å². The van der Waals surface area contributed by atoms with Gasteiger partial charge in [-0.05, 0) is 130 Å². The van der Waals surface area contributed by atoms with Crippen LogP contribution in [-0.2, 0) is 0 Å². The third-order valence-corrected chi connectivity index (χ3v) is 13.0. The minimum Gasteiger partial charge on any atom is -0.393 e. The van der Waals surface area contributed by atoms with E-state index in [-0.39, 0.29) is 39.8 Å². The molecule has 5 heteroatoms. The number of aliphatic hydroxyl groups is 2. The number of carbonyl (C=O) groups excluding carboxylic acids is 1. The van der Waals surface area contributed by atoms with Gasteiger partial charge in [0.15, 0.2) is 0 Å². The maximum Gasteiger partial charge on any atom is 0.315 e. The second kappa shape index (κ2) is 7.28. The predicted octanol–water partition coefficient (Wildman–Crippen LogP) is 4.92. The highest BCUT2D eigenvalue weighted by Gasteiger charge is 2.69. The molecule has 0 saturated heterocycles. The lowest BCUT2D eigenvalue weighted by Crippen LogP contribution is -2.69. The average molecular weight is 483 g/mol. The van der Waals surface area contributed by atoms with Crippen LogP contribution in [0.3, 0.4) is 0 Å². The maximum absolute atomic E-state index is 13.6. The van der Waals surface area contributed by atoms with E-state index in [1.807, 2.05) is 0 Å². The van der Waals surface area contributed by atoms with Gasteiger partial charge in [0.2, 0.25) is 0 Å². The molecule has 8 aliphatic rings. The molecule has 0 radical (unpaired) electrons. The molecule has 0 aliphatic heterocycles. The zero-order valence-electron chi connectivity index (χ0n) is 21.8. The second-order valence-corrected chi connectivity index (χ2v) is 15.0. The highest BCUT2D eigenvalue weighted by Crippen LogP contribution is 2.71. The molecular formula is C30H46N2O3. The largest absolute Gasteiger partial charge is 0.393 e. The first-order valence-electron chi connectivity index (χ1n) is 14.7. The van der Waals surface area contributed by atoms with Crippen molar-refractivity contribution < 1.29 is 15.0 Å². The summed E-state index contributed by atoms with van der Waals surface area (Å²) in [4.78, 5) is 13.6. The number of carbonyl (C=O) groups is 1. The Labute approximate surface area is 210 Å². The SMILES string of the molecule is C=C1[C@@H]2C[C@H](O)[C@H]3[C@]4(C)CCC[C@@](C)(NC(=O)NC56CC7CC(CC(C7)C5)C6)[C@H]4CC[C@]3(C2)[C@@H]1O. The Morgan fingerprint density at radius 2 is 1.57 bits per heavy atom. The molecule has 0 unspecified atom stereocenters. The number of aliphatic hydroxyl groups excluding tert-OH is 2. The van der Waals surface area contributed by atoms with E-state index in [1.165, 1.54) is 38.5 Å². The molecule has 8 fully saturated rings. The number of urea groups is 1. The van der Waals surface area contributed by atoms with E-state index in [2.05, 4.69) is 31.1 Å². The Morgan fingerprint density at radius 1 is 0.914 bits per heavy atom. The van der Waals surface area contributed by atoms with E-state index >= 15 is 0 Å². The first-order chi connectivity index (χ1) is 16.6. The molecule has 6 bridgehead atoms. The Morgan fingerprint density at radius 3 is 2.23 bits per heavy atom. The van der Waals surface area contributed by atoms with Crippen LogP contribution in [0.2, 0.25) is 0 Å². The summed E-state index contributed by atoms with van der Waals surface area (Å²) in [6.45, 7) is 8.90. The van der Waals surface area contributed by atoms with Crippen molar-refractivity contribution >= 4 is 6.03 Å². The van der Waals surface area contributed by atoms with Gasteiger partial charge in [-0.15, -0.1) is 0 Å². The van der Waals surface area contributed by atoms with Crippen molar-refractivity contribution in [1.29, 1.82) is 0 Å². The van der Waals surface area contributed by atoms with Crippen LogP contribution >= 0.6 is 0 Å². The molecule has 4 N–H and O–H groups in total. The molecule has 8 rings (SSSR count). The van der Waals surface area contributed by atoms with Gasteiger partial charge in [0.25, 0.3) is 0 Å². The minimum atomic E-state index is -0.493. The summed E-state index contributed by atoms with van der Waals surface area (Å²) in [7, 11) is 0. The summed E-state index contributed by atoms with van der Waals surface area (Å²) in [5.41, 5.74) is 0.380. The predicted molar refractivity (Wildman–Crippen MR) is 135 cm³/mol. The molecule has 0 heterocycles. The first kappa shape index (κ1) is 23.1. The van der Waals surface area contributed by atoms with Gasteiger partial charge in [-0.3, -0.25) is 0 Å². The van der Waals surface area contributed by atoms with Gasteiger partial charge >= 0.3 is 6.03 Å². The molecule has 8 aliphatic carbocycles. The van der Waals surface area contributed by atoms with Crippen LogP contribution in [0.25, 0.3) is 0 Å². The van der Waals surface area contributed by atoms with Crippen LogP contribution in [0.4, 0.5) is 4.79 Å². The third-order valence-electron chi connectivity index (χ3n) is 13.0. The van der Waals surface area contributed by atoms with Gasteiger partial charge in [-0.25, -0.2) is 4.79 Å². The molecule has 8 saturated carbocycles. The van der Waals surface area contributed by atoms with Gasteiger partial charge in [0, 0.05) is 16.5 Å². The number of amides is 2. The smallest absolute Gasteiger partial charge is 0.315 e. The number of fused-ring (bicyclic) bond motifs is 3. The summed E-state index contributed by atoms with van der Waals surface area (Å²) in [6.07, 6.45) is 13.5. The van der Waals surface area contributed by atoms with Crippen molar-refractivity contribution in [2.45, 2.75) is 121 Å². The lowest BCUT2D eigenvalue weighted by molar-refractivity contribution is -0.195. The van der Waals surface area contributed by atoms with E-state index in [0.29, 0.717) is 5.92 Å². The summed E-state index contributed by atoms with van der Waals surface area (Å²) < 4.78 is 0. The Balaban J connectivity index is 1.13. The van der Waals surface area contributed by atoms with Crippen LogP contribution in [0, 0.1) is 46.3 Å². The topological polar surface area (TPSA) is 81.6 Å². The molecule has 194 valence electrons. The van der Waals surface area contributed by atoms with Crippen molar-refractivity contribution in [1.82, 2.24) is 10.6 Å². The molecular weight excluding hydrogens is 436 g/mol. The normalized spacial score (nSPS) is 58.0. The average Bonchev–Trinajstić information content (AvgIpc) is 2.92. The van der Waals surface area contributed by atoms with Gasteiger partial charge in [0.1, 0.15) is 0 Å². The van der Waals surface area contributed by atoms with Crippen molar-refractivity contribution in [3.8, 4) is 0 Å². The van der Waals surface area contributed by atoms with Crippen LogP contribution < -0.4 is 10.6 Å². The number of rotatable bonds is 2. The van der Waals surface area contributed by atoms with E-state index in [1.54, 1.807) is 0 Å². The third kappa shape index (κ3) is 3.09. The molecule has 0 aromatic heterocycles. The molecule has 35 heavy (non-hydrogen) atoms. The maximum atomic E-state index is 13.6. The molecule has 8 atom stereocenters. The van der Waals surface area contributed by atoms with Crippen molar-refractivity contribution in [3.63, 3.8) is 0 Å². The van der Waals surface area contributed by atoms with E-state index in [9.17, 15) is 15.0 Å². The highest BCUT2D eigenvalue weighted by atomic mass is 16.3. The minimum absolute atomic E-state index is 0.0205. The Kier molecular flexibility index (Phi) is 4.80. The van der Waals surface area contributed by atoms with Gasteiger partial charge < -0.3 is 20.8 Å².